The Labute approximate surface area is 116 Å². The van der Waals surface area contributed by atoms with Crippen LogP contribution in [-0.4, -0.2) is 24.4 Å². The molecule has 0 aromatic heterocycles. The first-order valence-electron chi connectivity index (χ1n) is 6.72. The van der Waals surface area contributed by atoms with Gasteiger partial charge in [-0.15, -0.1) is 0 Å². The second-order valence-electron chi connectivity index (χ2n) is 5.66. The second-order valence-corrected chi connectivity index (χ2v) is 6.58. The third-order valence-electron chi connectivity index (χ3n) is 4.62. The number of aliphatic hydroxyl groups is 1. The van der Waals surface area contributed by atoms with E-state index in [-0.39, 0.29) is 11.5 Å². The summed E-state index contributed by atoms with van der Waals surface area (Å²) < 4.78 is 6.65. The molecule has 1 aromatic rings. The first kappa shape index (κ1) is 12.6. The minimum Gasteiger partial charge on any atom is -0.393 e. The lowest BCUT2D eigenvalue weighted by Crippen LogP contribution is -2.53. The van der Waals surface area contributed by atoms with E-state index in [4.69, 9.17) is 4.74 Å². The van der Waals surface area contributed by atoms with Gasteiger partial charge in [-0.3, -0.25) is 0 Å². The van der Waals surface area contributed by atoms with Gasteiger partial charge in [0.25, 0.3) is 0 Å². The van der Waals surface area contributed by atoms with Crippen LogP contribution in [-0.2, 0) is 10.2 Å². The summed E-state index contributed by atoms with van der Waals surface area (Å²) in [5.74, 6) is 0.663. The molecule has 18 heavy (non-hydrogen) atoms. The highest BCUT2D eigenvalue weighted by Crippen LogP contribution is 2.46. The summed E-state index contributed by atoms with van der Waals surface area (Å²) in [5, 5.41) is 9.65. The van der Waals surface area contributed by atoms with E-state index in [0.29, 0.717) is 5.92 Å². The van der Waals surface area contributed by atoms with Crippen molar-refractivity contribution in [3.63, 3.8) is 0 Å². The number of hydrogen-bond acceptors (Lipinski definition) is 2. The number of rotatable bonds is 2. The third kappa shape index (κ3) is 2.13. The Bertz CT molecular complexity index is 403. The summed E-state index contributed by atoms with van der Waals surface area (Å²) >= 11 is 3.49. The number of halogens is 1. The SMILES string of the molecule is OC1CCC(C2(c3ccc(Br)cc3)COC2)CC1. The summed E-state index contributed by atoms with van der Waals surface area (Å²) in [6, 6.07) is 8.68. The molecule has 0 bridgehead atoms. The van der Waals surface area contributed by atoms with Gasteiger partial charge in [-0.2, -0.15) is 0 Å². The average Bonchev–Trinajstić information content (AvgIpc) is 2.32. The zero-order valence-corrected chi connectivity index (χ0v) is 12.0. The minimum absolute atomic E-state index is 0.0794. The summed E-state index contributed by atoms with van der Waals surface area (Å²) in [6.07, 6.45) is 4.07. The Kier molecular flexibility index (Phi) is 3.48. The molecule has 1 aliphatic carbocycles. The van der Waals surface area contributed by atoms with Gasteiger partial charge >= 0.3 is 0 Å². The molecule has 1 aliphatic heterocycles. The third-order valence-corrected chi connectivity index (χ3v) is 5.15. The van der Waals surface area contributed by atoms with Crippen molar-refractivity contribution >= 4 is 15.9 Å². The zero-order chi connectivity index (χ0) is 12.6. The van der Waals surface area contributed by atoms with Crippen molar-refractivity contribution in [3.8, 4) is 0 Å². The molecular weight excluding hydrogens is 292 g/mol. The van der Waals surface area contributed by atoms with E-state index in [2.05, 4.69) is 40.2 Å². The van der Waals surface area contributed by atoms with Gasteiger partial charge in [-0.25, -0.2) is 0 Å². The van der Waals surface area contributed by atoms with Crippen molar-refractivity contribution in [1.82, 2.24) is 0 Å². The van der Waals surface area contributed by atoms with Crippen LogP contribution in [0.2, 0.25) is 0 Å². The Morgan fingerprint density at radius 1 is 1.06 bits per heavy atom. The van der Waals surface area contributed by atoms with Crippen molar-refractivity contribution in [3.05, 3.63) is 34.3 Å². The maximum Gasteiger partial charge on any atom is 0.0588 e. The minimum atomic E-state index is -0.0794. The number of ether oxygens (including phenoxy) is 1. The highest BCUT2D eigenvalue weighted by atomic mass is 79.9. The Hall–Kier alpha value is -0.380. The quantitative estimate of drug-likeness (QED) is 0.908. The van der Waals surface area contributed by atoms with Gasteiger partial charge in [0.2, 0.25) is 0 Å². The standard InChI is InChI=1S/C15H19BrO2/c16-13-5-1-11(2-6-13)15(9-18-10-15)12-3-7-14(17)8-4-12/h1-2,5-6,12,14,17H,3-4,7-10H2. The fourth-order valence-corrected chi connectivity index (χ4v) is 3.63. The van der Waals surface area contributed by atoms with E-state index in [1.54, 1.807) is 0 Å². The predicted octanol–water partition coefficient (Wildman–Crippen LogP) is 3.27. The fraction of sp³-hybridized carbons (Fsp3) is 0.600. The van der Waals surface area contributed by atoms with Crippen LogP contribution in [0.15, 0.2) is 28.7 Å². The van der Waals surface area contributed by atoms with Gasteiger partial charge in [-0.1, -0.05) is 28.1 Å². The molecule has 1 heterocycles. The number of hydrogen-bond donors (Lipinski definition) is 1. The fourth-order valence-electron chi connectivity index (χ4n) is 3.37. The molecule has 0 unspecified atom stereocenters. The molecule has 1 aromatic carbocycles. The van der Waals surface area contributed by atoms with Gasteiger partial charge in [0.15, 0.2) is 0 Å². The Morgan fingerprint density at radius 2 is 1.67 bits per heavy atom. The van der Waals surface area contributed by atoms with Crippen molar-refractivity contribution in [1.29, 1.82) is 0 Å². The molecule has 0 amide bonds. The van der Waals surface area contributed by atoms with Gasteiger partial charge in [0, 0.05) is 9.89 Å². The molecular formula is C15H19BrO2. The summed E-state index contributed by atoms with van der Waals surface area (Å²) in [4.78, 5) is 0. The molecule has 0 radical (unpaired) electrons. The van der Waals surface area contributed by atoms with Crippen LogP contribution in [0.5, 0.6) is 0 Å². The smallest absolute Gasteiger partial charge is 0.0588 e. The molecule has 1 saturated carbocycles. The van der Waals surface area contributed by atoms with E-state index in [1.165, 1.54) is 5.56 Å². The van der Waals surface area contributed by atoms with Crippen LogP contribution < -0.4 is 0 Å². The van der Waals surface area contributed by atoms with Gasteiger partial charge < -0.3 is 9.84 Å². The van der Waals surface area contributed by atoms with Crippen molar-refractivity contribution < 1.29 is 9.84 Å². The first-order valence-corrected chi connectivity index (χ1v) is 7.52. The van der Waals surface area contributed by atoms with E-state index >= 15 is 0 Å². The van der Waals surface area contributed by atoms with E-state index in [1.807, 2.05) is 0 Å². The van der Waals surface area contributed by atoms with Gasteiger partial charge in [-0.05, 0) is 49.3 Å². The van der Waals surface area contributed by atoms with Crippen LogP contribution in [0.25, 0.3) is 0 Å². The molecule has 0 atom stereocenters. The van der Waals surface area contributed by atoms with Crippen LogP contribution >= 0.6 is 15.9 Å². The summed E-state index contributed by atoms with van der Waals surface area (Å²) in [5.41, 5.74) is 1.61. The highest BCUT2D eigenvalue weighted by molar-refractivity contribution is 9.10. The largest absolute Gasteiger partial charge is 0.393 e. The molecule has 0 spiro atoms. The molecule has 2 aliphatic rings. The lowest BCUT2D eigenvalue weighted by atomic mass is 9.63. The van der Waals surface area contributed by atoms with Crippen LogP contribution in [0.3, 0.4) is 0 Å². The zero-order valence-electron chi connectivity index (χ0n) is 10.4. The summed E-state index contributed by atoms with van der Waals surface area (Å²) in [7, 11) is 0. The molecule has 1 saturated heterocycles. The molecule has 98 valence electrons. The monoisotopic (exact) mass is 310 g/mol. The van der Waals surface area contributed by atoms with Crippen LogP contribution in [0.1, 0.15) is 31.2 Å². The Morgan fingerprint density at radius 3 is 2.17 bits per heavy atom. The normalized spacial score (nSPS) is 30.8. The lowest BCUT2D eigenvalue weighted by molar-refractivity contribution is -0.103. The topological polar surface area (TPSA) is 29.5 Å². The predicted molar refractivity (Wildman–Crippen MR) is 74.6 cm³/mol. The van der Waals surface area contributed by atoms with Gasteiger partial charge in [0.1, 0.15) is 0 Å². The summed E-state index contributed by atoms with van der Waals surface area (Å²) in [6.45, 7) is 1.69. The van der Waals surface area contributed by atoms with Crippen LogP contribution in [0, 0.1) is 5.92 Å². The maximum absolute atomic E-state index is 9.65. The Balaban J connectivity index is 1.83. The second kappa shape index (κ2) is 4.95. The van der Waals surface area contributed by atoms with E-state index in [0.717, 1.165) is 43.4 Å². The molecule has 3 rings (SSSR count). The van der Waals surface area contributed by atoms with Crippen molar-refractivity contribution in [2.75, 3.05) is 13.2 Å². The van der Waals surface area contributed by atoms with Crippen molar-refractivity contribution in [2.24, 2.45) is 5.92 Å². The van der Waals surface area contributed by atoms with E-state index < -0.39 is 0 Å². The first-order chi connectivity index (χ1) is 8.71. The van der Waals surface area contributed by atoms with Crippen LogP contribution in [0.4, 0.5) is 0 Å². The van der Waals surface area contributed by atoms with E-state index in [9.17, 15) is 5.11 Å². The molecule has 1 N–H and O–H groups in total. The van der Waals surface area contributed by atoms with Crippen molar-refractivity contribution in [2.45, 2.75) is 37.2 Å². The molecule has 2 fully saturated rings. The highest BCUT2D eigenvalue weighted by Gasteiger charge is 2.47. The average molecular weight is 311 g/mol. The van der Waals surface area contributed by atoms with Gasteiger partial charge in [0.05, 0.1) is 19.3 Å². The number of benzene rings is 1. The lowest BCUT2D eigenvalue weighted by Gasteiger charge is -2.49. The molecule has 3 heteroatoms. The number of aliphatic hydroxyl groups excluding tert-OH is 1. The molecule has 2 nitrogen and oxygen atoms in total. The maximum atomic E-state index is 9.65.